The zero-order valence-corrected chi connectivity index (χ0v) is 15.2. The highest BCUT2D eigenvalue weighted by molar-refractivity contribution is 5.80. The molecule has 0 atom stereocenters. The monoisotopic (exact) mass is 343 g/mol. The van der Waals surface area contributed by atoms with Crippen LogP contribution in [0.4, 0.5) is 5.69 Å². The molecule has 0 aromatic heterocycles. The van der Waals surface area contributed by atoms with Crippen molar-refractivity contribution < 1.29 is 9.59 Å². The van der Waals surface area contributed by atoms with E-state index in [-0.39, 0.29) is 17.7 Å². The lowest BCUT2D eigenvalue weighted by molar-refractivity contribution is -0.135. The summed E-state index contributed by atoms with van der Waals surface area (Å²) in [4.78, 5) is 28.6. The highest BCUT2D eigenvalue weighted by atomic mass is 16.2. The molecule has 2 aliphatic heterocycles. The van der Waals surface area contributed by atoms with Gasteiger partial charge < -0.3 is 15.1 Å². The van der Waals surface area contributed by atoms with Gasteiger partial charge >= 0.3 is 0 Å². The quantitative estimate of drug-likeness (QED) is 0.861. The van der Waals surface area contributed by atoms with Crippen LogP contribution in [0.5, 0.6) is 0 Å². The molecule has 1 saturated heterocycles. The Labute approximate surface area is 150 Å². The molecule has 1 N–H and O–H groups in total. The van der Waals surface area contributed by atoms with Crippen molar-refractivity contribution >= 4 is 17.5 Å². The first-order valence-corrected chi connectivity index (χ1v) is 9.57. The van der Waals surface area contributed by atoms with Gasteiger partial charge in [0.05, 0.1) is 0 Å². The second-order valence-corrected chi connectivity index (χ2v) is 7.06. The van der Waals surface area contributed by atoms with Gasteiger partial charge in [-0.25, -0.2) is 0 Å². The zero-order valence-electron chi connectivity index (χ0n) is 15.2. The van der Waals surface area contributed by atoms with E-state index in [9.17, 15) is 9.59 Å². The number of rotatable bonds is 6. The van der Waals surface area contributed by atoms with Gasteiger partial charge in [0.15, 0.2) is 0 Å². The number of amides is 2. The Morgan fingerprint density at radius 2 is 1.92 bits per heavy atom. The fourth-order valence-electron chi connectivity index (χ4n) is 3.86. The maximum atomic E-state index is 12.4. The number of likely N-dealkylation sites (tertiary alicyclic amines) is 1. The summed E-state index contributed by atoms with van der Waals surface area (Å²) in [5.74, 6) is 0.431. The van der Waals surface area contributed by atoms with Crippen molar-refractivity contribution in [3.63, 3.8) is 0 Å². The van der Waals surface area contributed by atoms with E-state index in [0.717, 1.165) is 51.9 Å². The number of nitrogens with one attached hydrogen (secondary N) is 1. The predicted octanol–water partition coefficient (Wildman–Crippen LogP) is 2.20. The molecule has 2 aliphatic rings. The molecule has 5 nitrogen and oxygen atoms in total. The zero-order chi connectivity index (χ0) is 17.6. The van der Waals surface area contributed by atoms with E-state index in [1.54, 1.807) is 0 Å². The van der Waals surface area contributed by atoms with Crippen LogP contribution < -0.4 is 10.2 Å². The number of piperidine rings is 1. The van der Waals surface area contributed by atoms with Crippen LogP contribution in [0.3, 0.4) is 0 Å². The number of carbonyl (C=O) groups is 2. The van der Waals surface area contributed by atoms with Crippen LogP contribution in [-0.4, -0.2) is 49.4 Å². The number of para-hydroxylation sites is 1. The molecule has 136 valence electrons. The van der Waals surface area contributed by atoms with Crippen LogP contribution in [0.1, 0.15) is 38.2 Å². The van der Waals surface area contributed by atoms with Crippen LogP contribution in [0.25, 0.3) is 0 Å². The minimum absolute atomic E-state index is 0.0524. The van der Waals surface area contributed by atoms with Gasteiger partial charge in [0.2, 0.25) is 11.8 Å². The lowest BCUT2D eigenvalue weighted by atomic mass is 9.95. The van der Waals surface area contributed by atoms with Crippen molar-refractivity contribution in [2.24, 2.45) is 5.92 Å². The summed E-state index contributed by atoms with van der Waals surface area (Å²) < 4.78 is 0. The molecule has 0 spiro atoms. The molecule has 0 bridgehead atoms. The standard InChI is InChI=1S/C20H29N3O2/c1-2-5-19(24)23-13-9-17(10-14-23)20(25)21-11-15-22-12-8-16-6-3-4-7-18(16)22/h3-4,6-7,17H,2,5,8-15H2,1H3,(H,21,25). The smallest absolute Gasteiger partial charge is 0.223 e. The van der Waals surface area contributed by atoms with Gasteiger partial charge in [-0.3, -0.25) is 9.59 Å². The van der Waals surface area contributed by atoms with Crippen molar-refractivity contribution in [3.05, 3.63) is 29.8 Å². The third kappa shape index (κ3) is 4.33. The Morgan fingerprint density at radius 3 is 2.68 bits per heavy atom. The van der Waals surface area contributed by atoms with Crippen LogP contribution in [0.15, 0.2) is 24.3 Å². The lowest BCUT2D eigenvalue weighted by Gasteiger charge is -2.31. The second kappa shape index (κ2) is 8.37. The van der Waals surface area contributed by atoms with E-state index >= 15 is 0 Å². The molecule has 0 aliphatic carbocycles. The maximum Gasteiger partial charge on any atom is 0.223 e. The molecule has 5 heteroatoms. The van der Waals surface area contributed by atoms with Gasteiger partial charge in [0, 0.05) is 50.7 Å². The summed E-state index contributed by atoms with van der Waals surface area (Å²) >= 11 is 0. The van der Waals surface area contributed by atoms with E-state index in [2.05, 4.69) is 34.5 Å². The van der Waals surface area contributed by atoms with Crippen LogP contribution in [0, 0.1) is 5.92 Å². The summed E-state index contributed by atoms with van der Waals surface area (Å²) in [6.07, 6.45) is 4.17. The second-order valence-electron chi connectivity index (χ2n) is 7.06. The van der Waals surface area contributed by atoms with Gasteiger partial charge in [-0.2, -0.15) is 0 Å². The first-order valence-electron chi connectivity index (χ1n) is 9.57. The number of hydrogen-bond donors (Lipinski definition) is 1. The molecule has 1 fully saturated rings. The van der Waals surface area contributed by atoms with Crippen LogP contribution >= 0.6 is 0 Å². The number of benzene rings is 1. The fourth-order valence-corrected chi connectivity index (χ4v) is 3.86. The van der Waals surface area contributed by atoms with E-state index in [4.69, 9.17) is 0 Å². The third-order valence-electron chi connectivity index (χ3n) is 5.35. The van der Waals surface area contributed by atoms with Crippen molar-refractivity contribution in [3.8, 4) is 0 Å². The van der Waals surface area contributed by atoms with Crippen molar-refractivity contribution in [2.75, 3.05) is 37.6 Å². The Hall–Kier alpha value is -2.04. The highest BCUT2D eigenvalue weighted by Gasteiger charge is 2.27. The largest absolute Gasteiger partial charge is 0.369 e. The molecule has 25 heavy (non-hydrogen) atoms. The topological polar surface area (TPSA) is 52.7 Å². The average Bonchev–Trinajstić information content (AvgIpc) is 3.05. The average molecular weight is 343 g/mol. The van der Waals surface area contributed by atoms with E-state index in [1.165, 1.54) is 11.3 Å². The van der Waals surface area contributed by atoms with Gasteiger partial charge in [-0.1, -0.05) is 25.1 Å². The van der Waals surface area contributed by atoms with Crippen molar-refractivity contribution in [1.82, 2.24) is 10.2 Å². The first kappa shape index (κ1) is 17.8. The van der Waals surface area contributed by atoms with Crippen LogP contribution in [-0.2, 0) is 16.0 Å². The summed E-state index contributed by atoms with van der Waals surface area (Å²) in [5, 5.41) is 3.10. The number of hydrogen-bond acceptors (Lipinski definition) is 3. The van der Waals surface area contributed by atoms with Crippen molar-refractivity contribution in [1.29, 1.82) is 0 Å². The molecule has 0 saturated carbocycles. The summed E-state index contributed by atoms with van der Waals surface area (Å²) in [6.45, 7) is 6.04. The minimum Gasteiger partial charge on any atom is -0.369 e. The van der Waals surface area contributed by atoms with Gasteiger partial charge in [-0.15, -0.1) is 0 Å². The van der Waals surface area contributed by atoms with Crippen LogP contribution in [0.2, 0.25) is 0 Å². The highest BCUT2D eigenvalue weighted by Crippen LogP contribution is 2.26. The Balaban J connectivity index is 1.39. The fraction of sp³-hybridized carbons (Fsp3) is 0.600. The van der Waals surface area contributed by atoms with Gasteiger partial charge in [0.1, 0.15) is 0 Å². The number of carbonyl (C=O) groups excluding carboxylic acids is 2. The SMILES string of the molecule is CCCC(=O)N1CCC(C(=O)NCCN2CCc3ccccc32)CC1. The molecular weight excluding hydrogens is 314 g/mol. The molecular formula is C20H29N3O2. The van der Waals surface area contributed by atoms with E-state index in [1.807, 2.05) is 11.8 Å². The summed E-state index contributed by atoms with van der Waals surface area (Å²) in [6, 6.07) is 8.50. The molecule has 0 unspecified atom stereocenters. The Morgan fingerprint density at radius 1 is 1.16 bits per heavy atom. The third-order valence-corrected chi connectivity index (χ3v) is 5.35. The Bertz CT molecular complexity index is 609. The molecule has 0 radical (unpaired) electrons. The first-order chi connectivity index (χ1) is 12.2. The molecule has 2 heterocycles. The number of fused-ring (bicyclic) bond motifs is 1. The van der Waals surface area contributed by atoms with E-state index in [0.29, 0.717) is 13.0 Å². The Kier molecular flexibility index (Phi) is 5.95. The number of anilines is 1. The summed E-state index contributed by atoms with van der Waals surface area (Å²) in [5.41, 5.74) is 2.71. The molecule has 1 aromatic rings. The van der Waals surface area contributed by atoms with E-state index < -0.39 is 0 Å². The molecule has 3 rings (SSSR count). The predicted molar refractivity (Wildman–Crippen MR) is 99.6 cm³/mol. The summed E-state index contributed by atoms with van der Waals surface area (Å²) in [7, 11) is 0. The van der Waals surface area contributed by atoms with Gasteiger partial charge in [0.25, 0.3) is 0 Å². The van der Waals surface area contributed by atoms with Crippen molar-refractivity contribution in [2.45, 2.75) is 39.0 Å². The lowest BCUT2D eigenvalue weighted by Crippen LogP contribution is -2.44. The maximum absolute atomic E-state index is 12.4. The normalized spacial score (nSPS) is 17.5. The number of nitrogens with zero attached hydrogens (tertiary/aromatic N) is 2. The molecule has 1 aromatic carbocycles. The minimum atomic E-state index is 0.0524. The molecule has 2 amide bonds. The van der Waals surface area contributed by atoms with Gasteiger partial charge in [-0.05, 0) is 37.3 Å².